The molecule has 0 spiro atoms. The molecule has 1 saturated carbocycles. The molecular formula is C31H33NO10. The molecule has 0 bridgehead atoms. The van der Waals surface area contributed by atoms with Crippen molar-refractivity contribution in [2.24, 2.45) is 11.3 Å². The number of ether oxygens (including phenoxy) is 5. The fourth-order valence-electron chi connectivity index (χ4n) is 4.73. The molecule has 42 heavy (non-hydrogen) atoms. The Morgan fingerprint density at radius 2 is 1.24 bits per heavy atom. The minimum atomic E-state index is -1.59. The normalized spacial score (nSPS) is 15.7. The van der Waals surface area contributed by atoms with Crippen molar-refractivity contribution in [1.82, 2.24) is 4.90 Å². The zero-order chi connectivity index (χ0) is 30.1. The van der Waals surface area contributed by atoms with Crippen LogP contribution in [0.25, 0.3) is 0 Å². The van der Waals surface area contributed by atoms with Crippen LogP contribution in [-0.4, -0.2) is 68.4 Å². The zero-order valence-corrected chi connectivity index (χ0v) is 23.5. The summed E-state index contributed by atoms with van der Waals surface area (Å²) in [6.07, 6.45) is 2.38. The molecule has 2 aromatic carbocycles. The molecule has 0 radical (unpaired) electrons. The van der Waals surface area contributed by atoms with Gasteiger partial charge in [-0.05, 0) is 48.2 Å². The van der Waals surface area contributed by atoms with E-state index in [4.69, 9.17) is 23.7 Å². The standard InChI is InChI=1S/C31H33NO10/c1-38-24-7-3-21(4-8-24)19-41-29(36)31(30(37)42-20-22-5-9-25(39-2)10-6-22)17-23(18-31)26(33)13-15-40-16-14-32-27(34)11-12-28(32)35/h3-12,23H,13-20H2,1-2H3. The highest BCUT2D eigenvalue weighted by molar-refractivity contribution is 6.12. The summed E-state index contributed by atoms with van der Waals surface area (Å²) in [7, 11) is 3.10. The number of benzene rings is 2. The van der Waals surface area contributed by atoms with E-state index in [1.165, 1.54) is 12.2 Å². The monoisotopic (exact) mass is 579 g/mol. The Hall–Kier alpha value is -4.51. The van der Waals surface area contributed by atoms with Crippen LogP contribution in [0.4, 0.5) is 0 Å². The second kappa shape index (κ2) is 13.9. The van der Waals surface area contributed by atoms with Crippen LogP contribution in [0, 0.1) is 11.3 Å². The molecule has 2 aliphatic rings. The van der Waals surface area contributed by atoms with Crippen molar-refractivity contribution in [3.05, 3.63) is 71.8 Å². The van der Waals surface area contributed by atoms with E-state index in [1.54, 1.807) is 62.8 Å². The van der Waals surface area contributed by atoms with Crippen LogP contribution in [0.1, 0.15) is 30.4 Å². The van der Waals surface area contributed by atoms with Crippen molar-refractivity contribution in [3.63, 3.8) is 0 Å². The van der Waals surface area contributed by atoms with Crippen molar-refractivity contribution in [1.29, 1.82) is 0 Å². The van der Waals surface area contributed by atoms with Gasteiger partial charge in [0, 0.05) is 24.5 Å². The number of ketones is 1. The van der Waals surface area contributed by atoms with E-state index in [1.807, 2.05) is 0 Å². The minimum absolute atomic E-state index is 0.0306. The molecular weight excluding hydrogens is 546 g/mol. The molecule has 0 aromatic heterocycles. The Morgan fingerprint density at radius 1 is 0.762 bits per heavy atom. The number of nitrogens with zero attached hydrogens (tertiary/aromatic N) is 1. The molecule has 11 nitrogen and oxygen atoms in total. The largest absolute Gasteiger partial charge is 0.497 e. The number of amides is 2. The molecule has 0 saturated heterocycles. The minimum Gasteiger partial charge on any atom is -0.497 e. The molecule has 222 valence electrons. The van der Waals surface area contributed by atoms with Crippen LogP contribution in [0.2, 0.25) is 0 Å². The average Bonchev–Trinajstić information content (AvgIpc) is 3.31. The van der Waals surface area contributed by atoms with E-state index in [0.29, 0.717) is 22.6 Å². The molecule has 4 rings (SSSR count). The van der Waals surface area contributed by atoms with Crippen LogP contribution in [0.3, 0.4) is 0 Å². The Balaban J connectivity index is 1.31. The number of Topliss-reactive ketones (excluding diaryl/α,β-unsaturated/α-hetero) is 1. The molecule has 1 aliphatic carbocycles. The van der Waals surface area contributed by atoms with Crippen molar-refractivity contribution in [2.45, 2.75) is 32.5 Å². The fraction of sp³-hybridized carbons (Fsp3) is 0.387. The quantitative estimate of drug-likeness (QED) is 0.134. The molecule has 11 heteroatoms. The summed E-state index contributed by atoms with van der Waals surface area (Å²) in [5.74, 6) is -1.68. The lowest BCUT2D eigenvalue weighted by atomic mass is 9.60. The summed E-state index contributed by atoms with van der Waals surface area (Å²) in [5.41, 5.74) is -0.171. The van der Waals surface area contributed by atoms with Crippen molar-refractivity contribution < 1.29 is 47.7 Å². The first kappa shape index (κ1) is 30.4. The van der Waals surface area contributed by atoms with Gasteiger partial charge < -0.3 is 23.7 Å². The second-order valence-corrected chi connectivity index (χ2v) is 10.0. The number of hydrogen-bond acceptors (Lipinski definition) is 10. The van der Waals surface area contributed by atoms with Gasteiger partial charge in [-0.2, -0.15) is 0 Å². The first-order valence-corrected chi connectivity index (χ1v) is 13.5. The molecule has 2 aromatic rings. The number of methoxy groups -OCH3 is 2. The summed E-state index contributed by atoms with van der Waals surface area (Å²) in [6.45, 7) is 0.151. The number of rotatable bonds is 15. The number of carbonyl (C=O) groups excluding carboxylic acids is 5. The predicted molar refractivity (Wildman–Crippen MR) is 147 cm³/mol. The van der Waals surface area contributed by atoms with Gasteiger partial charge in [0.05, 0.1) is 34.0 Å². The number of imide groups is 1. The van der Waals surface area contributed by atoms with Gasteiger partial charge in [0.1, 0.15) is 30.5 Å². The Morgan fingerprint density at radius 3 is 1.69 bits per heavy atom. The topological polar surface area (TPSA) is 135 Å². The van der Waals surface area contributed by atoms with Crippen LogP contribution in [0.15, 0.2) is 60.7 Å². The highest BCUT2D eigenvalue weighted by Crippen LogP contribution is 2.49. The molecule has 1 fully saturated rings. The van der Waals surface area contributed by atoms with Crippen molar-refractivity contribution in [2.75, 3.05) is 34.0 Å². The summed E-state index contributed by atoms with van der Waals surface area (Å²) in [6, 6.07) is 13.9. The third-order valence-corrected chi connectivity index (χ3v) is 7.34. The third-order valence-electron chi connectivity index (χ3n) is 7.34. The summed E-state index contributed by atoms with van der Waals surface area (Å²) < 4.78 is 26.8. The fourth-order valence-corrected chi connectivity index (χ4v) is 4.73. The lowest BCUT2D eigenvalue weighted by molar-refractivity contribution is -0.186. The zero-order valence-electron chi connectivity index (χ0n) is 23.5. The van der Waals surface area contributed by atoms with Gasteiger partial charge in [-0.3, -0.25) is 28.9 Å². The molecule has 1 heterocycles. The molecule has 0 atom stereocenters. The van der Waals surface area contributed by atoms with Gasteiger partial charge in [-0.15, -0.1) is 0 Å². The maximum absolute atomic E-state index is 13.3. The van der Waals surface area contributed by atoms with Gasteiger partial charge in [0.25, 0.3) is 11.8 Å². The van der Waals surface area contributed by atoms with Crippen molar-refractivity contribution in [3.8, 4) is 11.5 Å². The lowest BCUT2D eigenvalue weighted by Gasteiger charge is -2.42. The smallest absolute Gasteiger partial charge is 0.323 e. The van der Waals surface area contributed by atoms with E-state index >= 15 is 0 Å². The maximum atomic E-state index is 13.3. The summed E-state index contributed by atoms with van der Waals surface area (Å²) >= 11 is 0. The van der Waals surface area contributed by atoms with Crippen LogP contribution in [0.5, 0.6) is 11.5 Å². The van der Waals surface area contributed by atoms with Crippen LogP contribution in [-0.2, 0) is 51.4 Å². The van der Waals surface area contributed by atoms with E-state index < -0.39 is 35.1 Å². The van der Waals surface area contributed by atoms with E-state index in [-0.39, 0.29) is 58.0 Å². The van der Waals surface area contributed by atoms with Gasteiger partial charge >= 0.3 is 11.9 Å². The second-order valence-electron chi connectivity index (χ2n) is 10.0. The maximum Gasteiger partial charge on any atom is 0.323 e. The predicted octanol–water partition coefficient (Wildman–Crippen LogP) is 2.79. The lowest BCUT2D eigenvalue weighted by Crippen LogP contribution is -2.53. The highest BCUT2D eigenvalue weighted by atomic mass is 16.6. The molecule has 0 N–H and O–H groups in total. The number of esters is 2. The third kappa shape index (κ3) is 7.22. The SMILES string of the molecule is COc1ccc(COC(=O)C2(C(=O)OCc3ccc(OC)cc3)CC(C(=O)CCOCCN3C(=O)C=CC3=O)C2)cc1. The van der Waals surface area contributed by atoms with Gasteiger partial charge in [-0.25, -0.2) is 0 Å². The van der Waals surface area contributed by atoms with Gasteiger partial charge in [0.2, 0.25) is 0 Å². The Kier molecular flexibility index (Phi) is 10.1. The first-order valence-electron chi connectivity index (χ1n) is 13.5. The van der Waals surface area contributed by atoms with Crippen LogP contribution >= 0.6 is 0 Å². The Bertz CT molecular complexity index is 1240. The molecule has 2 amide bonds. The number of carbonyl (C=O) groups is 5. The average molecular weight is 580 g/mol. The van der Waals surface area contributed by atoms with Crippen molar-refractivity contribution >= 4 is 29.5 Å². The van der Waals surface area contributed by atoms with Gasteiger partial charge in [0.15, 0.2) is 5.41 Å². The number of hydrogen-bond donors (Lipinski definition) is 0. The van der Waals surface area contributed by atoms with Crippen LogP contribution < -0.4 is 9.47 Å². The van der Waals surface area contributed by atoms with E-state index in [9.17, 15) is 24.0 Å². The Labute approximate surface area is 243 Å². The summed E-state index contributed by atoms with van der Waals surface area (Å²) in [4.78, 5) is 63.6. The molecule has 0 unspecified atom stereocenters. The van der Waals surface area contributed by atoms with Gasteiger partial charge in [-0.1, -0.05) is 24.3 Å². The summed E-state index contributed by atoms with van der Waals surface area (Å²) in [5, 5.41) is 0. The molecule has 1 aliphatic heterocycles. The van der Waals surface area contributed by atoms with E-state index in [0.717, 1.165) is 4.90 Å². The highest BCUT2D eigenvalue weighted by Gasteiger charge is 2.60. The first-order chi connectivity index (χ1) is 20.3. The van der Waals surface area contributed by atoms with E-state index in [2.05, 4.69) is 0 Å².